The number of carbonyl (C=O) groups is 1. The van der Waals surface area contributed by atoms with Crippen molar-refractivity contribution in [3.63, 3.8) is 0 Å². The van der Waals surface area contributed by atoms with Crippen molar-refractivity contribution in [2.45, 2.75) is 45.4 Å². The second-order valence-corrected chi connectivity index (χ2v) is 8.30. The van der Waals surface area contributed by atoms with E-state index in [1.807, 2.05) is 49.1 Å². The second kappa shape index (κ2) is 9.41. The Kier molecular flexibility index (Phi) is 6.42. The maximum Gasteiger partial charge on any atom is 0.287 e. The molecule has 1 aliphatic heterocycles. The van der Waals surface area contributed by atoms with Crippen LogP contribution in [0.2, 0.25) is 0 Å². The van der Waals surface area contributed by atoms with E-state index in [-0.39, 0.29) is 36.0 Å². The molecular formula is C25H26FN3O3. The summed E-state index contributed by atoms with van der Waals surface area (Å²) in [6.45, 7) is 5.34. The number of nitrogens with zero attached hydrogens (tertiary/aromatic N) is 2. The van der Waals surface area contributed by atoms with Gasteiger partial charge in [0, 0.05) is 30.1 Å². The molecule has 6 nitrogen and oxygen atoms in total. The minimum Gasteiger partial charge on any atom is -0.451 e. The number of piperidine rings is 1. The van der Waals surface area contributed by atoms with Crippen LogP contribution in [-0.4, -0.2) is 31.1 Å². The number of hydrogen-bond acceptors (Lipinski definition) is 5. The molecule has 0 radical (unpaired) electrons. The van der Waals surface area contributed by atoms with Crippen LogP contribution in [0.15, 0.2) is 46.9 Å². The first-order chi connectivity index (χ1) is 15.5. The molecule has 1 N–H and O–H groups in total. The third kappa shape index (κ3) is 4.61. The number of furan rings is 1. The second-order valence-electron chi connectivity index (χ2n) is 8.30. The average Bonchev–Trinajstić information content (AvgIpc) is 3.16. The lowest BCUT2D eigenvalue weighted by atomic mass is 10.0. The van der Waals surface area contributed by atoms with Gasteiger partial charge in [0.25, 0.3) is 5.91 Å². The number of ether oxygens (including phenoxy) is 1. The minimum absolute atomic E-state index is 0.0220. The van der Waals surface area contributed by atoms with Crippen molar-refractivity contribution in [3.8, 4) is 6.07 Å². The zero-order chi connectivity index (χ0) is 22.7. The van der Waals surface area contributed by atoms with E-state index in [9.17, 15) is 9.18 Å². The molecule has 0 saturated carbocycles. The summed E-state index contributed by atoms with van der Waals surface area (Å²) in [5.74, 6) is -0.467. The standard InChI is InChI=1S/C25H26FN3O3/c1-16(2)31-15-20-19-7-3-4-8-23(19)32-24(20)25(30)28-18-6-5-11-29(14-18)22-10-9-17(13-27)12-21(22)26/h3-4,7-10,12,16,18H,5-6,11,14-15H2,1-2H3,(H,28,30). The maximum absolute atomic E-state index is 14.5. The Morgan fingerprint density at radius 3 is 2.91 bits per heavy atom. The molecule has 1 saturated heterocycles. The van der Waals surface area contributed by atoms with Crippen molar-refractivity contribution in [1.82, 2.24) is 5.32 Å². The number of fused-ring (bicyclic) bond motifs is 1. The van der Waals surface area contributed by atoms with Gasteiger partial charge in [0.1, 0.15) is 11.4 Å². The van der Waals surface area contributed by atoms with E-state index in [0.717, 1.165) is 23.8 Å². The van der Waals surface area contributed by atoms with Gasteiger partial charge in [0.15, 0.2) is 5.76 Å². The molecule has 1 amide bonds. The number of halogens is 1. The number of nitrogens with one attached hydrogen (secondary N) is 1. The number of anilines is 1. The van der Waals surface area contributed by atoms with Crippen LogP contribution in [0, 0.1) is 17.1 Å². The fourth-order valence-corrected chi connectivity index (χ4v) is 4.07. The van der Waals surface area contributed by atoms with E-state index in [1.165, 1.54) is 6.07 Å². The summed E-state index contributed by atoms with van der Waals surface area (Å²) >= 11 is 0. The van der Waals surface area contributed by atoms with E-state index in [4.69, 9.17) is 14.4 Å². The summed E-state index contributed by atoms with van der Waals surface area (Å²) in [6.07, 6.45) is 1.63. The first-order valence-electron chi connectivity index (χ1n) is 10.8. The summed E-state index contributed by atoms with van der Waals surface area (Å²) in [5.41, 5.74) is 2.11. The first-order valence-corrected chi connectivity index (χ1v) is 10.8. The highest BCUT2D eigenvalue weighted by Gasteiger charge is 2.27. The monoisotopic (exact) mass is 435 g/mol. The summed E-state index contributed by atoms with van der Waals surface area (Å²) in [6, 6.07) is 13.8. The van der Waals surface area contributed by atoms with Gasteiger partial charge in [0.05, 0.1) is 30.0 Å². The average molecular weight is 435 g/mol. The van der Waals surface area contributed by atoms with Crippen LogP contribution >= 0.6 is 0 Å². The molecule has 1 aromatic heterocycles. The number of para-hydroxylation sites is 1. The number of carbonyl (C=O) groups excluding carboxylic acids is 1. The van der Waals surface area contributed by atoms with Gasteiger partial charge >= 0.3 is 0 Å². The highest BCUT2D eigenvalue weighted by atomic mass is 19.1. The lowest BCUT2D eigenvalue weighted by Gasteiger charge is -2.34. The molecule has 2 heterocycles. The quantitative estimate of drug-likeness (QED) is 0.604. The van der Waals surface area contributed by atoms with Gasteiger partial charge in [-0.15, -0.1) is 0 Å². The van der Waals surface area contributed by atoms with Crippen molar-refractivity contribution in [3.05, 3.63) is 65.2 Å². The zero-order valence-corrected chi connectivity index (χ0v) is 18.2. The Morgan fingerprint density at radius 2 is 2.16 bits per heavy atom. The van der Waals surface area contributed by atoms with E-state index < -0.39 is 5.82 Å². The van der Waals surface area contributed by atoms with Crippen LogP contribution in [0.1, 0.15) is 48.4 Å². The van der Waals surface area contributed by atoms with Crippen molar-refractivity contribution >= 4 is 22.6 Å². The van der Waals surface area contributed by atoms with Crippen molar-refractivity contribution in [2.75, 3.05) is 18.0 Å². The Bertz CT molecular complexity index is 1160. The minimum atomic E-state index is -0.429. The molecule has 0 spiro atoms. The van der Waals surface area contributed by atoms with Crippen LogP contribution in [0.5, 0.6) is 0 Å². The van der Waals surface area contributed by atoms with Gasteiger partial charge in [-0.25, -0.2) is 4.39 Å². The predicted octanol–water partition coefficient (Wildman–Crippen LogP) is 4.77. The zero-order valence-electron chi connectivity index (χ0n) is 18.2. The van der Waals surface area contributed by atoms with Crippen LogP contribution in [0.25, 0.3) is 11.0 Å². The number of nitriles is 1. The van der Waals surface area contributed by atoms with Crippen LogP contribution in [0.4, 0.5) is 10.1 Å². The summed E-state index contributed by atoms with van der Waals surface area (Å²) < 4.78 is 26.2. The number of benzene rings is 2. The van der Waals surface area contributed by atoms with Crippen LogP contribution in [-0.2, 0) is 11.3 Å². The van der Waals surface area contributed by atoms with Crippen molar-refractivity contribution in [1.29, 1.82) is 5.26 Å². The Labute approximate surface area is 186 Å². The largest absolute Gasteiger partial charge is 0.451 e. The van der Waals surface area contributed by atoms with Crippen molar-refractivity contribution < 1.29 is 18.3 Å². The molecule has 1 atom stereocenters. The Morgan fingerprint density at radius 1 is 1.34 bits per heavy atom. The van der Waals surface area contributed by atoms with Crippen molar-refractivity contribution in [2.24, 2.45) is 0 Å². The fraction of sp³-hybridized carbons (Fsp3) is 0.360. The molecule has 2 aromatic carbocycles. The highest BCUT2D eigenvalue weighted by molar-refractivity contribution is 5.99. The smallest absolute Gasteiger partial charge is 0.287 e. The summed E-state index contributed by atoms with van der Waals surface area (Å²) in [7, 11) is 0. The molecule has 3 aromatic rings. The first kappa shape index (κ1) is 21.8. The van der Waals surface area contributed by atoms with Gasteiger partial charge < -0.3 is 19.4 Å². The Hall–Kier alpha value is -3.37. The summed E-state index contributed by atoms with van der Waals surface area (Å²) in [4.78, 5) is 15.1. The maximum atomic E-state index is 14.5. The van der Waals surface area contributed by atoms with Crippen LogP contribution < -0.4 is 10.2 Å². The molecule has 0 aliphatic carbocycles. The van der Waals surface area contributed by atoms with Crippen LogP contribution in [0.3, 0.4) is 0 Å². The van der Waals surface area contributed by atoms with Gasteiger partial charge in [-0.3, -0.25) is 4.79 Å². The third-order valence-corrected chi connectivity index (χ3v) is 5.64. The molecule has 1 aliphatic rings. The van der Waals surface area contributed by atoms with E-state index in [0.29, 0.717) is 24.4 Å². The molecule has 1 fully saturated rings. The van der Waals surface area contributed by atoms with Gasteiger partial charge in [-0.05, 0) is 51.0 Å². The topological polar surface area (TPSA) is 78.5 Å². The van der Waals surface area contributed by atoms with E-state index in [2.05, 4.69) is 5.32 Å². The third-order valence-electron chi connectivity index (χ3n) is 5.64. The molecule has 0 bridgehead atoms. The van der Waals surface area contributed by atoms with E-state index >= 15 is 0 Å². The number of rotatable bonds is 6. The lowest BCUT2D eigenvalue weighted by Crippen LogP contribution is -2.48. The molecule has 4 rings (SSSR count). The van der Waals surface area contributed by atoms with Gasteiger partial charge in [-0.2, -0.15) is 5.26 Å². The summed E-state index contributed by atoms with van der Waals surface area (Å²) in [5, 5.41) is 12.9. The molecule has 1 unspecified atom stereocenters. The normalized spacial score (nSPS) is 16.3. The molecule has 32 heavy (non-hydrogen) atoms. The van der Waals surface area contributed by atoms with Gasteiger partial charge in [-0.1, -0.05) is 18.2 Å². The molecule has 166 valence electrons. The van der Waals surface area contributed by atoms with E-state index in [1.54, 1.807) is 12.1 Å². The number of hydrogen-bond donors (Lipinski definition) is 1. The molecular weight excluding hydrogens is 409 g/mol. The SMILES string of the molecule is CC(C)OCc1c(C(=O)NC2CCCN(c3ccc(C#N)cc3F)C2)oc2ccccc12. The van der Waals surface area contributed by atoms with Gasteiger partial charge in [0.2, 0.25) is 0 Å². The fourth-order valence-electron chi connectivity index (χ4n) is 4.07. The highest BCUT2D eigenvalue weighted by Crippen LogP contribution is 2.28. The Balaban J connectivity index is 1.52. The lowest BCUT2D eigenvalue weighted by molar-refractivity contribution is 0.0642. The number of amides is 1. The predicted molar refractivity (Wildman–Crippen MR) is 120 cm³/mol. The molecule has 7 heteroatoms.